The quantitative estimate of drug-likeness (QED) is 0.838. The molecule has 3 nitrogen and oxygen atoms in total. The lowest BCUT2D eigenvalue weighted by atomic mass is 10.1. The molecule has 4 heteroatoms. The fraction of sp³-hybridized carbons (Fsp3) is 0.667. The van der Waals surface area contributed by atoms with Gasteiger partial charge in [-0.25, -0.2) is 0 Å². The molecule has 0 aromatic carbocycles. The second-order valence-electron chi connectivity index (χ2n) is 3.93. The van der Waals surface area contributed by atoms with Crippen LogP contribution < -0.4 is 5.73 Å². The summed E-state index contributed by atoms with van der Waals surface area (Å²) in [6.45, 7) is 7.10. The van der Waals surface area contributed by atoms with Crippen LogP contribution in [0, 0.1) is 0 Å². The highest BCUT2D eigenvalue weighted by molar-refractivity contribution is 9.10. The second kappa shape index (κ2) is 7.09. The Labute approximate surface area is 106 Å². The van der Waals surface area contributed by atoms with Crippen molar-refractivity contribution in [2.45, 2.75) is 32.7 Å². The van der Waals surface area contributed by atoms with Crippen LogP contribution in [0.25, 0.3) is 0 Å². The third-order valence-electron chi connectivity index (χ3n) is 2.61. The van der Waals surface area contributed by atoms with E-state index in [9.17, 15) is 0 Å². The van der Waals surface area contributed by atoms with E-state index in [1.54, 1.807) is 0 Å². The van der Waals surface area contributed by atoms with Crippen molar-refractivity contribution >= 4 is 15.9 Å². The smallest absolute Gasteiger partial charge is 0.169 e. The van der Waals surface area contributed by atoms with Crippen LogP contribution in [0.4, 0.5) is 0 Å². The normalized spacial score (nSPS) is 13.3. The SMILES string of the molecule is CCCN(CCC)C(CN)c1ccc(Br)o1. The molecule has 16 heavy (non-hydrogen) atoms. The molecule has 1 heterocycles. The molecule has 0 amide bonds. The molecule has 1 rings (SSSR count). The summed E-state index contributed by atoms with van der Waals surface area (Å²) in [5.41, 5.74) is 5.86. The molecular formula is C12H21BrN2O. The number of nitrogens with two attached hydrogens (primary N) is 1. The average molecular weight is 289 g/mol. The Morgan fingerprint density at radius 2 is 1.94 bits per heavy atom. The zero-order valence-corrected chi connectivity index (χ0v) is 11.7. The maximum absolute atomic E-state index is 5.86. The molecule has 1 atom stereocenters. The molecule has 1 aromatic heterocycles. The minimum atomic E-state index is 0.200. The zero-order chi connectivity index (χ0) is 12.0. The van der Waals surface area contributed by atoms with Crippen LogP contribution >= 0.6 is 15.9 Å². The number of hydrogen-bond donors (Lipinski definition) is 1. The Bertz CT molecular complexity index is 295. The Hall–Kier alpha value is -0.320. The standard InChI is InChI=1S/C12H21BrN2O/c1-3-7-15(8-4-2)10(9-14)11-5-6-12(13)16-11/h5-6,10H,3-4,7-9,14H2,1-2H3. The van der Waals surface area contributed by atoms with E-state index in [0.29, 0.717) is 6.54 Å². The van der Waals surface area contributed by atoms with E-state index < -0.39 is 0 Å². The molecular weight excluding hydrogens is 268 g/mol. The molecule has 0 fully saturated rings. The summed E-state index contributed by atoms with van der Waals surface area (Å²) in [6, 6.07) is 4.12. The Kier molecular flexibility index (Phi) is 6.09. The van der Waals surface area contributed by atoms with Crippen LogP contribution in [0.15, 0.2) is 21.2 Å². The molecule has 0 aliphatic carbocycles. The third-order valence-corrected chi connectivity index (χ3v) is 3.03. The maximum atomic E-state index is 5.86. The first kappa shape index (κ1) is 13.7. The van der Waals surface area contributed by atoms with Gasteiger partial charge in [0, 0.05) is 6.54 Å². The van der Waals surface area contributed by atoms with Crippen molar-refractivity contribution in [3.05, 3.63) is 22.6 Å². The van der Waals surface area contributed by atoms with Crippen LogP contribution in [-0.4, -0.2) is 24.5 Å². The number of nitrogens with zero attached hydrogens (tertiary/aromatic N) is 1. The van der Waals surface area contributed by atoms with Crippen LogP contribution in [0.3, 0.4) is 0 Å². The largest absolute Gasteiger partial charge is 0.453 e. The van der Waals surface area contributed by atoms with Crippen LogP contribution in [0.1, 0.15) is 38.5 Å². The third kappa shape index (κ3) is 3.61. The van der Waals surface area contributed by atoms with Gasteiger partial charge in [0.05, 0.1) is 6.04 Å². The van der Waals surface area contributed by atoms with E-state index in [2.05, 4.69) is 34.7 Å². The fourth-order valence-corrected chi connectivity index (χ4v) is 2.27. The first-order chi connectivity index (χ1) is 7.72. The first-order valence-corrected chi connectivity index (χ1v) is 6.71. The van der Waals surface area contributed by atoms with Gasteiger partial charge in [-0.1, -0.05) is 13.8 Å². The van der Waals surface area contributed by atoms with Gasteiger partial charge in [-0.15, -0.1) is 0 Å². The Balaban J connectivity index is 2.76. The summed E-state index contributed by atoms with van der Waals surface area (Å²) >= 11 is 3.33. The number of furan rings is 1. The lowest BCUT2D eigenvalue weighted by Crippen LogP contribution is -2.34. The topological polar surface area (TPSA) is 42.4 Å². The molecule has 2 N–H and O–H groups in total. The van der Waals surface area contributed by atoms with Gasteiger partial charge in [-0.2, -0.15) is 0 Å². The second-order valence-corrected chi connectivity index (χ2v) is 4.71. The maximum Gasteiger partial charge on any atom is 0.169 e. The fourth-order valence-electron chi connectivity index (χ4n) is 1.95. The van der Waals surface area contributed by atoms with E-state index in [0.717, 1.165) is 36.4 Å². The van der Waals surface area contributed by atoms with Gasteiger partial charge >= 0.3 is 0 Å². The van der Waals surface area contributed by atoms with E-state index in [1.807, 2.05) is 12.1 Å². The lowest BCUT2D eigenvalue weighted by molar-refractivity contribution is 0.178. The van der Waals surface area contributed by atoms with Crippen molar-refractivity contribution in [3.63, 3.8) is 0 Å². The molecule has 0 spiro atoms. The molecule has 0 saturated heterocycles. The van der Waals surface area contributed by atoms with Crippen molar-refractivity contribution in [2.75, 3.05) is 19.6 Å². The predicted molar refractivity (Wildman–Crippen MR) is 70.4 cm³/mol. The van der Waals surface area contributed by atoms with Gasteiger partial charge in [0.25, 0.3) is 0 Å². The summed E-state index contributed by atoms with van der Waals surface area (Å²) in [7, 11) is 0. The first-order valence-electron chi connectivity index (χ1n) is 5.92. The highest BCUT2D eigenvalue weighted by Gasteiger charge is 2.20. The average Bonchev–Trinajstić information content (AvgIpc) is 2.67. The Morgan fingerprint density at radius 3 is 2.31 bits per heavy atom. The molecule has 0 aliphatic rings. The molecule has 1 unspecified atom stereocenters. The lowest BCUT2D eigenvalue weighted by Gasteiger charge is -2.28. The van der Waals surface area contributed by atoms with Crippen molar-refractivity contribution in [1.29, 1.82) is 0 Å². The Morgan fingerprint density at radius 1 is 1.31 bits per heavy atom. The predicted octanol–water partition coefficient (Wildman–Crippen LogP) is 3.16. The van der Waals surface area contributed by atoms with Crippen LogP contribution in [0.5, 0.6) is 0 Å². The van der Waals surface area contributed by atoms with E-state index in [-0.39, 0.29) is 6.04 Å². The van der Waals surface area contributed by atoms with E-state index in [4.69, 9.17) is 10.2 Å². The molecule has 1 aromatic rings. The summed E-state index contributed by atoms with van der Waals surface area (Å²) in [5, 5.41) is 0. The van der Waals surface area contributed by atoms with Crippen molar-refractivity contribution in [2.24, 2.45) is 5.73 Å². The molecule has 0 aliphatic heterocycles. The van der Waals surface area contributed by atoms with Gasteiger partial charge in [0.15, 0.2) is 4.67 Å². The zero-order valence-electron chi connectivity index (χ0n) is 10.1. The summed E-state index contributed by atoms with van der Waals surface area (Å²) < 4.78 is 6.38. The van der Waals surface area contributed by atoms with Crippen molar-refractivity contribution in [3.8, 4) is 0 Å². The highest BCUT2D eigenvalue weighted by atomic mass is 79.9. The monoisotopic (exact) mass is 288 g/mol. The summed E-state index contributed by atoms with van der Waals surface area (Å²) in [5.74, 6) is 0.955. The van der Waals surface area contributed by atoms with Crippen LogP contribution in [0.2, 0.25) is 0 Å². The van der Waals surface area contributed by atoms with Gasteiger partial charge in [0.2, 0.25) is 0 Å². The number of hydrogen-bond acceptors (Lipinski definition) is 3. The summed E-state index contributed by atoms with van der Waals surface area (Å²) in [6.07, 6.45) is 2.27. The van der Waals surface area contributed by atoms with Gasteiger partial charge in [-0.3, -0.25) is 4.90 Å². The number of halogens is 1. The molecule has 0 saturated carbocycles. The van der Waals surface area contributed by atoms with Gasteiger partial charge in [-0.05, 0) is 54.0 Å². The highest BCUT2D eigenvalue weighted by Crippen LogP contribution is 2.24. The number of rotatable bonds is 7. The molecule has 0 bridgehead atoms. The van der Waals surface area contributed by atoms with Crippen molar-refractivity contribution in [1.82, 2.24) is 4.90 Å². The molecule has 92 valence electrons. The van der Waals surface area contributed by atoms with E-state index >= 15 is 0 Å². The minimum Gasteiger partial charge on any atom is -0.453 e. The minimum absolute atomic E-state index is 0.200. The van der Waals surface area contributed by atoms with Gasteiger partial charge < -0.3 is 10.2 Å². The molecule has 0 radical (unpaired) electrons. The van der Waals surface area contributed by atoms with Crippen molar-refractivity contribution < 1.29 is 4.42 Å². The van der Waals surface area contributed by atoms with Gasteiger partial charge in [0.1, 0.15) is 5.76 Å². The van der Waals surface area contributed by atoms with Crippen LogP contribution in [-0.2, 0) is 0 Å². The van der Waals surface area contributed by atoms with E-state index in [1.165, 1.54) is 0 Å². The summed E-state index contributed by atoms with van der Waals surface area (Å²) in [4.78, 5) is 2.39.